The van der Waals surface area contributed by atoms with Crippen molar-refractivity contribution < 1.29 is 0 Å². The molecule has 0 saturated carbocycles. The van der Waals surface area contributed by atoms with Crippen LogP contribution in [0.25, 0.3) is 38.6 Å². The molecule has 0 unspecified atom stereocenters. The third-order valence-electron chi connectivity index (χ3n) is 9.53. The first-order chi connectivity index (χ1) is 25.3. The van der Waals surface area contributed by atoms with Crippen LogP contribution in [-0.4, -0.2) is 4.57 Å². The molecule has 8 aromatic carbocycles. The van der Waals surface area contributed by atoms with Crippen LogP contribution < -0.4 is 9.80 Å². The highest BCUT2D eigenvalue weighted by molar-refractivity contribution is 6.10. The monoisotopic (exact) mass is 653 g/mol. The average Bonchev–Trinajstić information content (AvgIpc) is 3.54. The summed E-state index contributed by atoms with van der Waals surface area (Å²) in [5.41, 5.74) is 12.4. The van der Waals surface area contributed by atoms with Gasteiger partial charge in [-0.15, -0.1) is 0 Å². The molecule has 0 radical (unpaired) electrons. The van der Waals surface area contributed by atoms with E-state index in [1.807, 2.05) is 0 Å². The van der Waals surface area contributed by atoms with Gasteiger partial charge in [-0.1, -0.05) is 127 Å². The number of anilines is 6. The van der Waals surface area contributed by atoms with Crippen LogP contribution >= 0.6 is 0 Å². The molecule has 0 aliphatic carbocycles. The van der Waals surface area contributed by atoms with Crippen LogP contribution in [0.4, 0.5) is 34.1 Å². The van der Waals surface area contributed by atoms with Crippen molar-refractivity contribution in [1.82, 2.24) is 4.57 Å². The number of rotatable bonds is 8. The fourth-order valence-corrected chi connectivity index (χ4v) is 7.26. The van der Waals surface area contributed by atoms with E-state index in [9.17, 15) is 0 Å². The lowest BCUT2D eigenvalue weighted by molar-refractivity contribution is 1.18. The molecular weight excluding hydrogens is 619 g/mol. The number of hydrogen-bond acceptors (Lipinski definition) is 2. The molecule has 0 bridgehead atoms. The van der Waals surface area contributed by atoms with Gasteiger partial charge < -0.3 is 14.4 Å². The van der Waals surface area contributed by atoms with Crippen LogP contribution in [0.2, 0.25) is 0 Å². The first kappa shape index (κ1) is 30.2. The molecule has 0 spiro atoms. The zero-order chi connectivity index (χ0) is 34.0. The number of hydrogen-bond donors (Lipinski definition) is 0. The van der Waals surface area contributed by atoms with E-state index < -0.39 is 0 Å². The van der Waals surface area contributed by atoms with Crippen molar-refractivity contribution >= 4 is 55.9 Å². The van der Waals surface area contributed by atoms with Gasteiger partial charge in [-0.2, -0.15) is 0 Å². The largest absolute Gasteiger partial charge is 0.309 e. The Morgan fingerprint density at radius 1 is 0.294 bits per heavy atom. The summed E-state index contributed by atoms with van der Waals surface area (Å²) >= 11 is 0. The molecule has 0 atom stereocenters. The Bertz CT molecular complexity index is 2540. The van der Waals surface area contributed by atoms with E-state index in [2.05, 4.69) is 227 Å². The molecule has 9 rings (SSSR count). The van der Waals surface area contributed by atoms with Crippen molar-refractivity contribution in [2.24, 2.45) is 0 Å². The van der Waals surface area contributed by atoms with Crippen molar-refractivity contribution in [3.8, 4) is 16.8 Å². The topological polar surface area (TPSA) is 11.4 Å². The van der Waals surface area contributed by atoms with E-state index in [1.165, 1.54) is 27.4 Å². The SMILES string of the molecule is c1ccc(N(c2ccccc2)c2ccccc2N(c2ccccc2)c2cccc(-c3ccc4c5ccccc5n(-c5ccccc5)c4c3)c2)cc1. The summed E-state index contributed by atoms with van der Waals surface area (Å²) < 4.78 is 2.38. The molecule has 0 aliphatic heterocycles. The molecular formula is C48H35N3. The molecule has 0 amide bonds. The second-order valence-electron chi connectivity index (χ2n) is 12.6. The lowest BCUT2D eigenvalue weighted by Gasteiger charge is -2.33. The predicted octanol–water partition coefficient (Wildman–Crippen LogP) is 13.4. The Morgan fingerprint density at radius 3 is 1.35 bits per heavy atom. The maximum absolute atomic E-state index is 2.38. The van der Waals surface area contributed by atoms with Gasteiger partial charge in [0, 0.05) is 39.2 Å². The zero-order valence-corrected chi connectivity index (χ0v) is 28.0. The first-order valence-electron chi connectivity index (χ1n) is 17.4. The van der Waals surface area contributed by atoms with Gasteiger partial charge in [-0.05, 0) is 96.1 Å². The Balaban J connectivity index is 1.22. The molecule has 1 aromatic heterocycles. The third-order valence-corrected chi connectivity index (χ3v) is 9.53. The Labute approximate surface area is 298 Å². The van der Waals surface area contributed by atoms with Crippen molar-refractivity contribution in [2.45, 2.75) is 0 Å². The first-order valence-corrected chi connectivity index (χ1v) is 17.4. The second-order valence-corrected chi connectivity index (χ2v) is 12.6. The van der Waals surface area contributed by atoms with Crippen molar-refractivity contribution in [2.75, 3.05) is 9.80 Å². The van der Waals surface area contributed by atoms with Crippen LogP contribution in [0.1, 0.15) is 0 Å². The maximum atomic E-state index is 2.38. The van der Waals surface area contributed by atoms with Crippen molar-refractivity contribution in [3.05, 3.63) is 212 Å². The number of benzene rings is 8. The van der Waals surface area contributed by atoms with E-state index in [4.69, 9.17) is 0 Å². The van der Waals surface area contributed by atoms with Gasteiger partial charge in [0.25, 0.3) is 0 Å². The highest BCUT2D eigenvalue weighted by atomic mass is 15.2. The highest BCUT2D eigenvalue weighted by Gasteiger charge is 2.22. The van der Waals surface area contributed by atoms with Crippen molar-refractivity contribution in [1.29, 1.82) is 0 Å². The average molecular weight is 654 g/mol. The Hall–Kier alpha value is -6.84. The minimum Gasteiger partial charge on any atom is -0.309 e. The van der Waals surface area contributed by atoms with Gasteiger partial charge in [-0.25, -0.2) is 0 Å². The predicted molar refractivity (Wildman–Crippen MR) is 216 cm³/mol. The van der Waals surface area contributed by atoms with E-state index >= 15 is 0 Å². The lowest BCUT2D eigenvalue weighted by atomic mass is 10.0. The van der Waals surface area contributed by atoms with Gasteiger partial charge in [-0.3, -0.25) is 0 Å². The van der Waals surface area contributed by atoms with Gasteiger partial charge >= 0.3 is 0 Å². The summed E-state index contributed by atoms with van der Waals surface area (Å²) in [6.45, 7) is 0. The lowest BCUT2D eigenvalue weighted by Crippen LogP contribution is -2.16. The number of fused-ring (bicyclic) bond motifs is 3. The van der Waals surface area contributed by atoms with Crippen LogP contribution in [0.5, 0.6) is 0 Å². The minimum atomic E-state index is 1.08. The van der Waals surface area contributed by atoms with Gasteiger partial charge in [0.15, 0.2) is 0 Å². The third kappa shape index (κ3) is 5.61. The second kappa shape index (κ2) is 13.2. The number of para-hydroxylation sites is 7. The normalized spacial score (nSPS) is 11.1. The molecule has 0 N–H and O–H groups in total. The minimum absolute atomic E-state index is 1.08. The molecule has 3 nitrogen and oxygen atoms in total. The molecule has 51 heavy (non-hydrogen) atoms. The smallest absolute Gasteiger partial charge is 0.0702 e. The van der Waals surface area contributed by atoms with E-state index in [1.54, 1.807) is 0 Å². The quantitative estimate of drug-likeness (QED) is 0.162. The zero-order valence-electron chi connectivity index (χ0n) is 28.0. The molecule has 1 heterocycles. The molecule has 242 valence electrons. The molecule has 0 saturated heterocycles. The van der Waals surface area contributed by atoms with Gasteiger partial charge in [0.05, 0.1) is 22.4 Å². The van der Waals surface area contributed by atoms with Crippen LogP contribution in [0.3, 0.4) is 0 Å². The molecule has 0 aliphatic rings. The van der Waals surface area contributed by atoms with Crippen LogP contribution in [-0.2, 0) is 0 Å². The summed E-state index contributed by atoms with van der Waals surface area (Å²) in [7, 11) is 0. The van der Waals surface area contributed by atoms with E-state index in [0.29, 0.717) is 0 Å². The summed E-state index contributed by atoms with van der Waals surface area (Å²) in [4.78, 5) is 4.71. The molecule has 3 heteroatoms. The summed E-state index contributed by atoms with van der Waals surface area (Å²) in [6, 6.07) is 75.7. The highest BCUT2D eigenvalue weighted by Crippen LogP contribution is 2.46. The summed E-state index contributed by atoms with van der Waals surface area (Å²) in [5, 5.41) is 2.50. The molecule has 9 aromatic rings. The summed E-state index contributed by atoms with van der Waals surface area (Å²) in [6.07, 6.45) is 0. The van der Waals surface area contributed by atoms with E-state index in [0.717, 1.165) is 45.4 Å². The van der Waals surface area contributed by atoms with Crippen molar-refractivity contribution in [3.63, 3.8) is 0 Å². The fraction of sp³-hybridized carbons (Fsp3) is 0. The number of aromatic nitrogens is 1. The summed E-state index contributed by atoms with van der Waals surface area (Å²) in [5.74, 6) is 0. The standard InChI is InChI=1S/C48H35N3/c1-5-19-38(20-6-1)49(39-21-7-2-8-22-39)46-30-15-16-31-47(46)50(40-23-9-3-10-24-40)42-27-17-18-36(34-42)37-32-33-44-43-28-13-14-29-45(43)51(48(44)35-37)41-25-11-4-12-26-41/h1-35H. The van der Waals surface area contributed by atoms with Crippen LogP contribution in [0.15, 0.2) is 212 Å². The van der Waals surface area contributed by atoms with Gasteiger partial charge in [0.1, 0.15) is 0 Å². The Morgan fingerprint density at radius 2 is 0.745 bits per heavy atom. The van der Waals surface area contributed by atoms with Gasteiger partial charge in [0.2, 0.25) is 0 Å². The number of nitrogens with zero attached hydrogens (tertiary/aromatic N) is 3. The maximum Gasteiger partial charge on any atom is 0.0702 e. The fourth-order valence-electron chi connectivity index (χ4n) is 7.26. The molecule has 0 fully saturated rings. The van der Waals surface area contributed by atoms with Crippen LogP contribution in [0, 0.1) is 0 Å². The van der Waals surface area contributed by atoms with E-state index in [-0.39, 0.29) is 0 Å². The Kier molecular flexibility index (Phi) is 7.84.